The maximum atomic E-state index is 11.1. The van der Waals surface area contributed by atoms with Crippen molar-refractivity contribution in [3.05, 3.63) is 75.1 Å². The lowest BCUT2D eigenvalue weighted by Crippen LogP contribution is -2.10. The molecule has 0 spiro atoms. The van der Waals surface area contributed by atoms with E-state index in [1.807, 2.05) is 30.7 Å². The van der Waals surface area contributed by atoms with Crippen LogP contribution in [-0.4, -0.2) is 19.7 Å². The van der Waals surface area contributed by atoms with Crippen molar-refractivity contribution in [2.75, 3.05) is 0 Å². The highest BCUT2D eigenvalue weighted by Crippen LogP contribution is 2.30. The van der Waals surface area contributed by atoms with Crippen molar-refractivity contribution in [3.8, 4) is 5.75 Å². The maximum absolute atomic E-state index is 11.1. The molecule has 27 heavy (non-hydrogen) atoms. The highest BCUT2D eigenvalue weighted by Gasteiger charge is 2.19. The van der Waals surface area contributed by atoms with Gasteiger partial charge in [-0.1, -0.05) is 53.7 Å². The SMILES string of the molecule is CC(Oc1ccccc1Cl)c1nnc(SCc2ccccc2[N+](=O)[O-])n1C. The Bertz CT molecular complexity index is 963. The first-order valence-corrected chi connectivity index (χ1v) is 9.49. The van der Waals surface area contributed by atoms with Crippen LogP contribution in [0, 0.1) is 10.1 Å². The average molecular weight is 405 g/mol. The predicted molar refractivity (Wildman–Crippen MR) is 104 cm³/mol. The van der Waals surface area contributed by atoms with Crippen LogP contribution in [0.4, 0.5) is 5.69 Å². The van der Waals surface area contributed by atoms with Gasteiger partial charge in [-0.15, -0.1) is 10.2 Å². The summed E-state index contributed by atoms with van der Waals surface area (Å²) in [7, 11) is 1.84. The van der Waals surface area contributed by atoms with Crippen molar-refractivity contribution in [1.82, 2.24) is 14.8 Å². The molecule has 0 saturated heterocycles. The number of thioether (sulfide) groups is 1. The summed E-state index contributed by atoms with van der Waals surface area (Å²) in [6.45, 7) is 1.86. The summed E-state index contributed by atoms with van der Waals surface area (Å²) in [5.41, 5.74) is 0.736. The van der Waals surface area contributed by atoms with E-state index < -0.39 is 0 Å². The van der Waals surface area contributed by atoms with Gasteiger partial charge in [0.1, 0.15) is 5.75 Å². The molecular weight excluding hydrogens is 388 g/mol. The minimum Gasteiger partial charge on any atom is -0.481 e. The number of aromatic nitrogens is 3. The van der Waals surface area contributed by atoms with Gasteiger partial charge in [-0.25, -0.2) is 0 Å². The molecular formula is C18H17ClN4O3S. The second kappa shape index (κ2) is 8.41. The van der Waals surface area contributed by atoms with Crippen LogP contribution in [0.5, 0.6) is 5.75 Å². The number of nitrogens with zero attached hydrogens (tertiary/aromatic N) is 4. The van der Waals surface area contributed by atoms with Crippen molar-refractivity contribution in [1.29, 1.82) is 0 Å². The smallest absolute Gasteiger partial charge is 0.273 e. The topological polar surface area (TPSA) is 83.1 Å². The summed E-state index contributed by atoms with van der Waals surface area (Å²) in [6, 6.07) is 13.9. The fourth-order valence-corrected chi connectivity index (χ4v) is 3.64. The van der Waals surface area contributed by atoms with Gasteiger partial charge in [0, 0.05) is 24.4 Å². The molecule has 0 bridgehead atoms. The number of hydrogen-bond donors (Lipinski definition) is 0. The van der Waals surface area contributed by atoms with Gasteiger partial charge in [-0.2, -0.15) is 0 Å². The van der Waals surface area contributed by atoms with E-state index in [2.05, 4.69) is 10.2 Å². The molecule has 7 nitrogen and oxygen atoms in total. The Balaban J connectivity index is 1.72. The second-order valence-electron chi connectivity index (χ2n) is 5.76. The van der Waals surface area contributed by atoms with Crippen LogP contribution < -0.4 is 4.74 Å². The molecule has 1 heterocycles. The first-order chi connectivity index (χ1) is 13.0. The lowest BCUT2D eigenvalue weighted by Gasteiger charge is -2.15. The number of benzene rings is 2. The van der Waals surface area contributed by atoms with Gasteiger partial charge in [0.05, 0.1) is 9.95 Å². The Hall–Kier alpha value is -2.58. The maximum Gasteiger partial charge on any atom is 0.273 e. The van der Waals surface area contributed by atoms with E-state index >= 15 is 0 Å². The Labute approximate surface area is 165 Å². The Morgan fingerprint density at radius 3 is 2.67 bits per heavy atom. The summed E-state index contributed by atoms with van der Waals surface area (Å²) in [6.07, 6.45) is -0.359. The van der Waals surface area contributed by atoms with Crippen LogP contribution >= 0.6 is 23.4 Å². The minimum atomic E-state index is -0.377. The number of halogens is 1. The monoisotopic (exact) mass is 404 g/mol. The highest BCUT2D eigenvalue weighted by atomic mass is 35.5. The molecule has 1 unspecified atom stereocenters. The molecule has 2 aromatic carbocycles. The third-order valence-corrected chi connectivity index (χ3v) is 5.30. The normalized spacial score (nSPS) is 12.0. The molecule has 0 saturated carbocycles. The van der Waals surface area contributed by atoms with Crippen molar-refractivity contribution < 1.29 is 9.66 Å². The number of nitro benzene ring substituents is 1. The van der Waals surface area contributed by atoms with Crippen molar-refractivity contribution in [2.24, 2.45) is 7.05 Å². The Kier molecular flexibility index (Phi) is 5.98. The van der Waals surface area contributed by atoms with E-state index in [9.17, 15) is 10.1 Å². The number of hydrogen-bond acceptors (Lipinski definition) is 6. The number of para-hydroxylation sites is 2. The van der Waals surface area contributed by atoms with Crippen molar-refractivity contribution in [3.63, 3.8) is 0 Å². The number of nitro groups is 1. The molecule has 0 amide bonds. The van der Waals surface area contributed by atoms with Gasteiger partial charge in [0.2, 0.25) is 0 Å². The molecule has 0 radical (unpaired) electrons. The van der Waals surface area contributed by atoms with Gasteiger partial charge in [0.15, 0.2) is 17.1 Å². The largest absolute Gasteiger partial charge is 0.481 e. The van der Waals surface area contributed by atoms with Crippen LogP contribution in [0.15, 0.2) is 53.7 Å². The van der Waals surface area contributed by atoms with Crippen LogP contribution in [0.2, 0.25) is 5.02 Å². The first kappa shape index (κ1) is 19.2. The average Bonchev–Trinajstić information content (AvgIpc) is 3.02. The molecule has 9 heteroatoms. The molecule has 0 N–H and O–H groups in total. The third-order valence-electron chi connectivity index (χ3n) is 3.92. The molecule has 0 aliphatic heterocycles. The molecule has 3 rings (SSSR count). The van der Waals surface area contributed by atoms with E-state index in [0.717, 1.165) is 0 Å². The zero-order valence-electron chi connectivity index (χ0n) is 14.7. The van der Waals surface area contributed by atoms with Crippen LogP contribution in [0.1, 0.15) is 24.4 Å². The summed E-state index contributed by atoms with van der Waals surface area (Å²) >= 11 is 7.51. The van der Waals surface area contributed by atoms with E-state index in [4.69, 9.17) is 16.3 Å². The molecule has 0 aliphatic rings. The van der Waals surface area contributed by atoms with Crippen LogP contribution in [0.3, 0.4) is 0 Å². The number of rotatable bonds is 7. The second-order valence-corrected chi connectivity index (χ2v) is 7.11. The van der Waals surface area contributed by atoms with Crippen molar-refractivity contribution >= 4 is 29.1 Å². The highest BCUT2D eigenvalue weighted by molar-refractivity contribution is 7.98. The Morgan fingerprint density at radius 1 is 1.22 bits per heavy atom. The quantitative estimate of drug-likeness (QED) is 0.319. The fourth-order valence-electron chi connectivity index (χ4n) is 2.54. The molecule has 1 atom stereocenters. The van der Waals surface area contributed by atoms with Gasteiger partial charge in [0.25, 0.3) is 5.69 Å². The molecule has 1 aromatic heterocycles. The van der Waals surface area contributed by atoms with Crippen LogP contribution in [-0.2, 0) is 12.8 Å². The molecule has 0 aliphatic carbocycles. The molecule has 140 valence electrons. The zero-order chi connectivity index (χ0) is 19.4. The summed E-state index contributed by atoms with van der Waals surface area (Å²) < 4.78 is 7.71. The fraction of sp³-hybridized carbons (Fsp3) is 0.222. The van der Waals surface area contributed by atoms with Gasteiger partial charge in [-0.3, -0.25) is 10.1 Å². The Morgan fingerprint density at radius 2 is 1.93 bits per heavy atom. The van der Waals surface area contributed by atoms with Gasteiger partial charge >= 0.3 is 0 Å². The zero-order valence-corrected chi connectivity index (χ0v) is 16.3. The number of ether oxygens (including phenoxy) is 1. The van der Waals surface area contributed by atoms with E-state index in [0.29, 0.717) is 33.1 Å². The predicted octanol–water partition coefficient (Wildman–Crippen LogP) is 4.81. The van der Waals surface area contributed by atoms with E-state index in [1.165, 1.54) is 17.8 Å². The van der Waals surface area contributed by atoms with Gasteiger partial charge < -0.3 is 9.30 Å². The lowest BCUT2D eigenvalue weighted by atomic mass is 10.2. The van der Waals surface area contributed by atoms with E-state index in [-0.39, 0.29) is 16.7 Å². The summed E-state index contributed by atoms with van der Waals surface area (Å²) in [4.78, 5) is 10.8. The van der Waals surface area contributed by atoms with Crippen LogP contribution in [0.25, 0.3) is 0 Å². The van der Waals surface area contributed by atoms with E-state index in [1.54, 1.807) is 30.3 Å². The first-order valence-electron chi connectivity index (χ1n) is 8.13. The molecule has 0 fully saturated rings. The van der Waals surface area contributed by atoms with Crippen molar-refractivity contribution in [2.45, 2.75) is 23.9 Å². The lowest BCUT2D eigenvalue weighted by molar-refractivity contribution is -0.385. The third kappa shape index (κ3) is 4.40. The minimum absolute atomic E-state index is 0.0998. The summed E-state index contributed by atoms with van der Waals surface area (Å²) in [5, 5.41) is 20.7. The molecule has 3 aromatic rings. The standard InChI is InChI=1S/C18H17ClN4O3S/c1-12(26-16-10-6-4-8-14(16)19)17-20-21-18(22(17)2)27-11-13-7-3-5-9-15(13)23(24)25/h3-10,12H,11H2,1-2H3. The summed E-state index contributed by atoms with van der Waals surface area (Å²) in [5.74, 6) is 1.63. The van der Waals surface area contributed by atoms with Gasteiger partial charge in [-0.05, 0) is 19.1 Å².